The van der Waals surface area contributed by atoms with E-state index in [1.54, 1.807) is 24.4 Å². The van der Waals surface area contributed by atoms with Gasteiger partial charge in [0, 0.05) is 6.20 Å². The lowest BCUT2D eigenvalue weighted by molar-refractivity contribution is 0.0970. The molecule has 0 N–H and O–H groups in total. The molecular formula is C26H21FN2O4. The molecule has 4 aromatic rings. The van der Waals surface area contributed by atoms with Crippen molar-refractivity contribution in [3.8, 4) is 5.75 Å². The molecule has 1 unspecified atom stereocenters. The van der Waals surface area contributed by atoms with Crippen LogP contribution < -0.4 is 15.1 Å². The molecule has 0 saturated carbocycles. The predicted molar refractivity (Wildman–Crippen MR) is 122 cm³/mol. The van der Waals surface area contributed by atoms with E-state index in [9.17, 15) is 14.0 Å². The highest BCUT2D eigenvalue weighted by atomic mass is 19.1. The molecular weight excluding hydrogens is 423 g/mol. The van der Waals surface area contributed by atoms with Crippen molar-refractivity contribution in [1.29, 1.82) is 0 Å². The smallest absolute Gasteiger partial charge is 0.296 e. The van der Waals surface area contributed by atoms with Crippen molar-refractivity contribution in [1.82, 2.24) is 4.98 Å². The lowest BCUT2D eigenvalue weighted by atomic mass is 9.98. The van der Waals surface area contributed by atoms with E-state index in [0.29, 0.717) is 23.7 Å². The summed E-state index contributed by atoms with van der Waals surface area (Å²) in [6, 6.07) is 13.8. The van der Waals surface area contributed by atoms with Gasteiger partial charge in [0.25, 0.3) is 5.91 Å². The third kappa shape index (κ3) is 3.55. The molecule has 0 bridgehead atoms. The Labute approximate surface area is 189 Å². The maximum absolute atomic E-state index is 13.9. The molecule has 0 spiro atoms. The number of hydrogen-bond acceptors (Lipinski definition) is 5. The number of hydrogen-bond donors (Lipinski definition) is 0. The van der Waals surface area contributed by atoms with Crippen molar-refractivity contribution in [3.63, 3.8) is 0 Å². The van der Waals surface area contributed by atoms with Gasteiger partial charge in [-0.15, -0.1) is 0 Å². The van der Waals surface area contributed by atoms with E-state index in [1.807, 2.05) is 32.0 Å². The quantitative estimate of drug-likeness (QED) is 0.424. The van der Waals surface area contributed by atoms with Gasteiger partial charge in [-0.1, -0.05) is 19.1 Å². The van der Waals surface area contributed by atoms with Gasteiger partial charge in [0.2, 0.25) is 5.76 Å². The van der Waals surface area contributed by atoms with Crippen molar-refractivity contribution in [2.45, 2.75) is 26.3 Å². The molecule has 1 amide bonds. The summed E-state index contributed by atoms with van der Waals surface area (Å²) < 4.78 is 25.4. The second-order valence-electron chi connectivity index (χ2n) is 8.00. The number of carbonyl (C=O) groups is 1. The van der Waals surface area contributed by atoms with E-state index in [2.05, 4.69) is 4.98 Å². The summed E-state index contributed by atoms with van der Waals surface area (Å²) in [6.07, 6.45) is 2.49. The number of rotatable bonds is 5. The second kappa shape index (κ2) is 8.16. The number of benzene rings is 2. The number of carbonyl (C=O) groups excluding carboxylic acids is 1. The summed E-state index contributed by atoms with van der Waals surface area (Å²) in [4.78, 5) is 32.9. The summed E-state index contributed by atoms with van der Waals surface area (Å²) >= 11 is 0. The van der Waals surface area contributed by atoms with E-state index < -0.39 is 23.2 Å². The number of halogens is 1. The van der Waals surface area contributed by atoms with Gasteiger partial charge in [-0.3, -0.25) is 14.5 Å². The first-order valence-corrected chi connectivity index (χ1v) is 10.7. The average molecular weight is 444 g/mol. The highest BCUT2D eigenvalue weighted by Gasteiger charge is 2.44. The number of pyridine rings is 1. The lowest BCUT2D eigenvalue weighted by Gasteiger charge is -2.24. The molecule has 2 aromatic carbocycles. The number of amides is 1. The van der Waals surface area contributed by atoms with E-state index >= 15 is 0 Å². The van der Waals surface area contributed by atoms with Crippen LogP contribution in [0.15, 0.2) is 70.0 Å². The third-order valence-corrected chi connectivity index (χ3v) is 5.65. The Morgan fingerprint density at radius 2 is 1.88 bits per heavy atom. The molecule has 1 aliphatic heterocycles. The molecule has 5 rings (SSSR count). The van der Waals surface area contributed by atoms with E-state index in [1.165, 1.54) is 17.0 Å². The molecule has 0 aliphatic carbocycles. The van der Waals surface area contributed by atoms with Crippen LogP contribution in [0.25, 0.3) is 11.0 Å². The summed E-state index contributed by atoms with van der Waals surface area (Å²) in [5.41, 5.74) is 1.50. The van der Waals surface area contributed by atoms with Gasteiger partial charge in [0.05, 0.1) is 23.6 Å². The minimum absolute atomic E-state index is 0.0567. The standard InChI is InChI=1S/C26H21FN2O4/c1-3-12-32-18-7-4-16(5-8-18)23-22-24(30)19-14-17(27)6-9-20(19)33-25(22)26(31)29(23)21-13-15(2)10-11-28-21/h4-11,13-14,23H,3,12H2,1-2H3. The van der Waals surface area contributed by atoms with Crippen molar-refractivity contribution in [2.75, 3.05) is 11.5 Å². The van der Waals surface area contributed by atoms with Gasteiger partial charge in [-0.2, -0.15) is 0 Å². The van der Waals surface area contributed by atoms with Crippen LogP contribution in [0.2, 0.25) is 0 Å². The van der Waals surface area contributed by atoms with Gasteiger partial charge >= 0.3 is 0 Å². The summed E-state index contributed by atoms with van der Waals surface area (Å²) in [6.45, 7) is 4.51. The van der Waals surface area contributed by atoms with E-state index in [-0.39, 0.29) is 22.3 Å². The van der Waals surface area contributed by atoms with Gasteiger partial charge in [0.15, 0.2) is 5.43 Å². The molecule has 0 fully saturated rings. The number of aromatic nitrogens is 1. The lowest BCUT2D eigenvalue weighted by Crippen LogP contribution is -2.30. The van der Waals surface area contributed by atoms with Crippen LogP contribution in [0, 0.1) is 12.7 Å². The highest BCUT2D eigenvalue weighted by Crippen LogP contribution is 2.41. The van der Waals surface area contributed by atoms with Crippen molar-refractivity contribution >= 4 is 22.7 Å². The van der Waals surface area contributed by atoms with Crippen LogP contribution in [-0.2, 0) is 0 Å². The van der Waals surface area contributed by atoms with Crippen LogP contribution in [0.3, 0.4) is 0 Å². The SMILES string of the molecule is CCCOc1ccc(C2c3c(oc4ccc(F)cc4c3=O)C(=O)N2c2cc(C)ccn2)cc1. The largest absolute Gasteiger partial charge is 0.494 e. The number of ether oxygens (including phenoxy) is 1. The minimum Gasteiger partial charge on any atom is -0.494 e. The Bertz CT molecular complexity index is 1430. The number of fused-ring (bicyclic) bond motifs is 2. The first kappa shape index (κ1) is 20.9. The minimum atomic E-state index is -0.772. The fourth-order valence-corrected chi connectivity index (χ4v) is 4.12. The Kier molecular flexibility index (Phi) is 5.17. The monoisotopic (exact) mass is 444 g/mol. The molecule has 2 aromatic heterocycles. The Balaban J connectivity index is 1.73. The van der Waals surface area contributed by atoms with E-state index in [0.717, 1.165) is 18.1 Å². The van der Waals surface area contributed by atoms with E-state index in [4.69, 9.17) is 9.15 Å². The van der Waals surface area contributed by atoms with Crippen molar-refractivity contribution < 1.29 is 18.3 Å². The van der Waals surface area contributed by atoms with Crippen LogP contribution in [0.5, 0.6) is 5.75 Å². The zero-order chi connectivity index (χ0) is 23.1. The molecule has 0 saturated heterocycles. The van der Waals surface area contributed by atoms with Gasteiger partial charge in [0.1, 0.15) is 23.0 Å². The normalized spacial score (nSPS) is 15.2. The van der Waals surface area contributed by atoms with Gasteiger partial charge < -0.3 is 9.15 Å². The summed E-state index contributed by atoms with van der Waals surface area (Å²) in [5, 5.41) is 0.0912. The summed E-state index contributed by atoms with van der Waals surface area (Å²) in [5.74, 6) is 0.0158. The Morgan fingerprint density at radius 3 is 2.61 bits per heavy atom. The van der Waals surface area contributed by atoms with Gasteiger partial charge in [-0.05, 0) is 66.9 Å². The molecule has 0 radical (unpaired) electrons. The second-order valence-corrected chi connectivity index (χ2v) is 8.00. The molecule has 7 heteroatoms. The van der Waals surface area contributed by atoms with Crippen LogP contribution in [-0.4, -0.2) is 17.5 Å². The zero-order valence-corrected chi connectivity index (χ0v) is 18.2. The molecule has 1 aliphatic rings. The average Bonchev–Trinajstić information content (AvgIpc) is 3.11. The first-order valence-electron chi connectivity index (χ1n) is 10.7. The van der Waals surface area contributed by atoms with Crippen molar-refractivity contribution in [2.24, 2.45) is 0 Å². The molecule has 166 valence electrons. The number of nitrogens with zero attached hydrogens (tertiary/aromatic N) is 2. The number of anilines is 1. The molecule has 6 nitrogen and oxygen atoms in total. The maximum Gasteiger partial charge on any atom is 0.296 e. The topological polar surface area (TPSA) is 72.6 Å². The Hall–Kier alpha value is -4.00. The maximum atomic E-state index is 13.9. The molecule has 1 atom stereocenters. The zero-order valence-electron chi connectivity index (χ0n) is 18.2. The first-order chi connectivity index (χ1) is 16.0. The number of aryl methyl sites for hydroxylation is 1. The van der Waals surface area contributed by atoms with Crippen LogP contribution in [0.4, 0.5) is 10.2 Å². The van der Waals surface area contributed by atoms with Gasteiger partial charge in [-0.25, -0.2) is 9.37 Å². The Morgan fingerprint density at radius 1 is 1.09 bits per heavy atom. The third-order valence-electron chi connectivity index (χ3n) is 5.65. The van der Waals surface area contributed by atoms with Crippen LogP contribution >= 0.6 is 0 Å². The highest BCUT2D eigenvalue weighted by molar-refractivity contribution is 6.10. The predicted octanol–water partition coefficient (Wildman–Crippen LogP) is 5.17. The fourth-order valence-electron chi connectivity index (χ4n) is 4.12. The van der Waals surface area contributed by atoms with Crippen LogP contribution in [0.1, 0.15) is 46.6 Å². The summed E-state index contributed by atoms with van der Waals surface area (Å²) in [7, 11) is 0. The van der Waals surface area contributed by atoms with Crippen molar-refractivity contribution in [3.05, 3.63) is 99.3 Å². The molecule has 3 heterocycles. The fraction of sp³-hybridized carbons (Fsp3) is 0.192. The molecule has 33 heavy (non-hydrogen) atoms.